The molecule has 4 heteroatoms. The normalized spacial score (nSPS) is 18.5. The van der Waals surface area contributed by atoms with Crippen molar-refractivity contribution in [1.82, 2.24) is 10.2 Å². The molecule has 0 fully saturated rings. The SMILES string of the molecule is CN(C)C(CNC(=O)C1CCCc2ccccc21)c1ccco1. The Kier molecular flexibility index (Phi) is 4.82. The van der Waals surface area contributed by atoms with Crippen molar-refractivity contribution in [3.05, 3.63) is 59.5 Å². The Morgan fingerprint density at radius 3 is 2.87 bits per heavy atom. The maximum absolute atomic E-state index is 12.7. The largest absolute Gasteiger partial charge is 0.468 e. The molecule has 0 aliphatic heterocycles. The number of carbonyl (C=O) groups excluding carboxylic acids is 1. The molecule has 1 aliphatic rings. The van der Waals surface area contributed by atoms with E-state index in [1.54, 1.807) is 6.26 Å². The minimum absolute atomic E-state index is 0.0284. The molecule has 2 unspecified atom stereocenters. The minimum Gasteiger partial charge on any atom is -0.468 e. The van der Waals surface area contributed by atoms with E-state index in [4.69, 9.17) is 4.42 Å². The standard InChI is InChI=1S/C19H24N2O2/c1-21(2)17(18-11-6-12-23-18)13-20-19(22)16-10-5-8-14-7-3-4-9-15(14)16/h3-4,6-7,9,11-12,16-17H,5,8,10,13H2,1-2H3,(H,20,22). The second-order valence-corrected chi connectivity index (χ2v) is 6.38. The molecular formula is C19H24N2O2. The first-order valence-corrected chi connectivity index (χ1v) is 8.22. The summed E-state index contributed by atoms with van der Waals surface area (Å²) in [5, 5.41) is 3.12. The lowest BCUT2D eigenvalue weighted by Crippen LogP contribution is -2.37. The summed E-state index contributed by atoms with van der Waals surface area (Å²) in [5.41, 5.74) is 2.50. The average molecular weight is 312 g/mol. The molecule has 3 rings (SSSR count). The third-order valence-electron chi connectivity index (χ3n) is 4.65. The number of benzene rings is 1. The quantitative estimate of drug-likeness (QED) is 0.922. The Bertz CT molecular complexity index is 649. The molecule has 1 aromatic carbocycles. The van der Waals surface area contributed by atoms with E-state index >= 15 is 0 Å². The first-order valence-electron chi connectivity index (χ1n) is 8.22. The lowest BCUT2D eigenvalue weighted by Gasteiger charge is -2.27. The first kappa shape index (κ1) is 15.8. The topological polar surface area (TPSA) is 45.5 Å². The molecule has 0 bridgehead atoms. The molecule has 2 aromatic rings. The van der Waals surface area contributed by atoms with E-state index in [1.165, 1.54) is 11.1 Å². The van der Waals surface area contributed by atoms with Gasteiger partial charge in [-0.3, -0.25) is 9.69 Å². The van der Waals surface area contributed by atoms with Crippen LogP contribution in [0.3, 0.4) is 0 Å². The highest BCUT2D eigenvalue weighted by Crippen LogP contribution is 2.31. The zero-order valence-electron chi connectivity index (χ0n) is 13.8. The Labute approximate surface area is 137 Å². The van der Waals surface area contributed by atoms with Crippen LogP contribution >= 0.6 is 0 Å². The molecule has 122 valence electrons. The van der Waals surface area contributed by atoms with Gasteiger partial charge in [0.1, 0.15) is 5.76 Å². The number of fused-ring (bicyclic) bond motifs is 1. The van der Waals surface area contributed by atoms with Crippen LogP contribution in [0.2, 0.25) is 0 Å². The Balaban J connectivity index is 1.68. The van der Waals surface area contributed by atoms with Gasteiger partial charge in [-0.1, -0.05) is 24.3 Å². The Morgan fingerprint density at radius 1 is 1.30 bits per heavy atom. The zero-order valence-corrected chi connectivity index (χ0v) is 13.8. The van der Waals surface area contributed by atoms with Crippen LogP contribution in [0.25, 0.3) is 0 Å². The fourth-order valence-electron chi connectivity index (χ4n) is 3.37. The lowest BCUT2D eigenvalue weighted by molar-refractivity contribution is -0.123. The van der Waals surface area contributed by atoms with Crippen LogP contribution < -0.4 is 5.32 Å². The number of aryl methyl sites for hydroxylation is 1. The van der Waals surface area contributed by atoms with Gasteiger partial charge in [0.2, 0.25) is 5.91 Å². The van der Waals surface area contributed by atoms with Crippen LogP contribution in [0.15, 0.2) is 47.1 Å². The number of carbonyl (C=O) groups is 1. The number of hydrogen-bond donors (Lipinski definition) is 1. The van der Waals surface area contributed by atoms with Crippen molar-refractivity contribution in [2.45, 2.75) is 31.2 Å². The number of nitrogens with one attached hydrogen (secondary N) is 1. The van der Waals surface area contributed by atoms with Crippen LogP contribution in [0, 0.1) is 0 Å². The number of nitrogens with zero attached hydrogens (tertiary/aromatic N) is 1. The van der Waals surface area contributed by atoms with E-state index in [1.807, 2.05) is 32.3 Å². The molecule has 1 N–H and O–H groups in total. The third kappa shape index (κ3) is 3.48. The average Bonchev–Trinajstić information content (AvgIpc) is 3.08. The molecule has 4 nitrogen and oxygen atoms in total. The van der Waals surface area contributed by atoms with Crippen molar-refractivity contribution in [2.24, 2.45) is 0 Å². The molecule has 0 spiro atoms. The number of furan rings is 1. The third-order valence-corrected chi connectivity index (χ3v) is 4.65. The van der Waals surface area contributed by atoms with Crippen molar-refractivity contribution >= 4 is 5.91 Å². The van der Waals surface area contributed by atoms with Gasteiger partial charge in [0.15, 0.2) is 0 Å². The smallest absolute Gasteiger partial charge is 0.227 e. The number of amides is 1. The molecule has 1 amide bonds. The van der Waals surface area contributed by atoms with E-state index in [0.717, 1.165) is 25.0 Å². The van der Waals surface area contributed by atoms with Crippen LogP contribution in [-0.4, -0.2) is 31.4 Å². The fourth-order valence-corrected chi connectivity index (χ4v) is 3.37. The molecule has 0 saturated carbocycles. The molecule has 0 saturated heterocycles. The number of likely N-dealkylation sites (N-methyl/N-ethyl adjacent to an activating group) is 1. The van der Waals surface area contributed by atoms with E-state index < -0.39 is 0 Å². The predicted octanol–water partition coefficient (Wildman–Crippen LogP) is 3.12. The number of hydrogen-bond acceptors (Lipinski definition) is 3. The molecule has 23 heavy (non-hydrogen) atoms. The molecule has 1 aliphatic carbocycles. The highest BCUT2D eigenvalue weighted by molar-refractivity contribution is 5.84. The second-order valence-electron chi connectivity index (χ2n) is 6.38. The van der Waals surface area contributed by atoms with Crippen molar-refractivity contribution in [1.29, 1.82) is 0 Å². The van der Waals surface area contributed by atoms with Crippen LogP contribution in [-0.2, 0) is 11.2 Å². The second kappa shape index (κ2) is 7.01. The van der Waals surface area contributed by atoms with E-state index in [-0.39, 0.29) is 17.9 Å². The summed E-state index contributed by atoms with van der Waals surface area (Å²) in [6.45, 7) is 0.554. The van der Waals surface area contributed by atoms with E-state index in [0.29, 0.717) is 6.54 Å². The van der Waals surface area contributed by atoms with Gasteiger partial charge in [0, 0.05) is 6.54 Å². The van der Waals surface area contributed by atoms with Gasteiger partial charge in [-0.2, -0.15) is 0 Å². The Hall–Kier alpha value is -2.07. The monoisotopic (exact) mass is 312 g/mol. The van der Waals surface area contributed by atoms with Crippen molar-refractivity contribution in [2.75, 3.05) is 20.6 Å². The molecular weight excluding hydrogens is 288 g/mol. The number of rotatable bonds is 5. The summed E-state index contributed by atoms with van der Waals surface area (Å²) in [6.07, 6.45) is 4.75. The lowest BCUT2D eigenvalue weighted by atomic mass is 9.82. The molecule has 1 aromatic heterocycles. The van der Waals surface area contributed by atoms with Crippen LogP contribution in [0.4, 0.5) is 0 Å². The summed E-state index contributed by atoms with van der Waals surface area (Å²) in [7, 11) is 3.99. The van der Waals surface area contributed by atoms with E-state index in [2.05, 4.69) is 28.4 Å². The zero-order chi connectivity index (χ0) is 16.2. The van der Waals surface area contributed by atoms with Gasteiger partial charge >= 0.3 is 0 Å². The van der Waals surface area contributed by atoms with Gasteiger partial charge in [0.25, 0.3) is 0 Å². The maximum Gasteiger partial charge on any atom is 0.227 e. The molecule has 2 atom stereocenters. The van der Waals surface area contributed by atoms with Gasteiger partial charge in [-0.15, -0.1) is 0 Å². The van der Waals surface area contributed by atoms with Crippen LogP contribution in [0.5, 0.6) is 0 Å². The van der Waals surface area contributed by atoms with Crippen molar-refractivity contribution < 1.29 is 9.21 Å². The summed E-state index contributed by atoms with van der Waals surface area (Å²) in [5.74, 6) is 0.967. The van der Waals surface area contributed by atoms with Crippen molar-refractivity contribution in [3.8, 4) is 0 Å². The van der Waals surface area contributed by atoms with Gasteiger partial charge < -0.3 is 9.73 Å². The van der Waals surface area contributed by atoms with Gasteiger partial charge in [0.05, 0.1) is 18.2 Å². The fraction of sp³-hybridized carbons (Fsp3) is 0.421. The Morgan fingerprint density at radius 2 is 2.13 bits per heavy atom. The molecule has 1 heterocycles. The maximum atomic E-state index is 12.7. The van der Waals surface area contributed by atoms with Crippen LogP contribution in [0.1, 0.15) is 41.7 Å². The predicted molar refractivity (Wildman–Crippen MR) is 90.3 cm³/mol. The highest BCUT2D eigenvalue weighted by atomic mass is 16.3. The molecule has 0 radical (unpaired) electrons. The van der Waals surface area contributed by atoms with Gasteiger partial charge in [-0.25, -0.2) is 0 Å². The minimum atomic E-state index is -0.0284. The highest BCUT2D eigenvalue weighted by Gasteiger charge is 2.27. The van der Waals surface area contributed by atoms with E-state index in [9.17, 15) is 4.79 Å². The van der Waals surface area contributed by atoms with Crippen molar-refractivity contribution in [3.63, 3.8) is 0 Å². The first-order chi connectivity index (χ1) is 11.2. The summed E-state index contributed by atoms with van der Waals surface area (Å²) in [4.78, 5) is 14.8. The summed E-state index contributed by atoms with van der Waals surface area (Å²) in [6, 6.07) is 12.2. The summed E-state index contributed by atoms with van der Waals surface area (Å²) >= 11 is 0. The van der Waals surface area contributed by atoms with Gasteiger partial charge in [-0.05, 0) is 56.6 Å². The summed E-state index contributed by atoms with van der Waals surface area (Å²) < 4.78 is 5.50.